The molecule has 1 aromatic rings. The maximum atomic E-state index is 11.0. The fraction of sp³-hybridized carbons (Fsp3) is 0.640. The summed E-state index contributed by atoms with van der Waals surface area (Å²) in [5, 5.41) is 0. The number of carbonyl (C=O) groups excluding carboxylic acids is 1. The normalized spacial score (nSPS) is 11.2. The van der Waals surface area contributed by atoms with Crippen molar-refractivity contribution >= 4 is 5.91 Å². The Morgan fingerprint density at radius 1 is 0.786 bits per heavy atom. The average molecular weight is 388 g/mol. The topological polar surface area (TPSA) is 52.3 Å². The predicted molar refractivity (Wildman–Crippen MR) is 120 cm³/mol. The molecule has 0 radical (unpaired) electrons. The second-order valence-electron chi connectivity index (χ2n) is 7.67. The molecule has 1 aromatic carbocycles. The summed E-state index contributed by atoms with van der Waals surface area (Å²) in [7, 11) is 0. The molecule has 0 aliphatic carbocycles. The lowest BCUT2D eigenvalue weighted by Gasteiger charge is -2.06. The van der Waals surface area contributed by atoms with Crippen LogP contribution >= 0.6 is 0 Å². The lowest BCUT2D eigenvalue weighted by Crippen LogP contribution is -2.10. The van der Waals surface area contributed by atoms with Gasteiger partial charge in [0.15, 0.2) is 0 Å². The van der Waals surface area contributed by atoms with Gasteiger partial charge in [-0.25, -0.2) is 0 Å². The van der Waals surface area contributed by atoms with E-state index in [2.05, 4.69) is 19.1 Å². The summed E-state index contributed by atoms with van der Waals surface area (Å²) < 4.78 is 5.70. The number of hydrogen-bond donors (Lipinski definition) is 1. The van der Waals surface area contributed by atoms with Crippen molar-refractivity contribution < 1.29 is 9.53 Å². The molecule has 1 rings (SSSR count). The molecule has 2 N–H and O–H groups in total. The van der Waals surface area contributed by atoms with Gasteiger partial charge in [-0.05, 0) is 56.4 Å². The smallest absolute Gasteiger partial charge is 0.248 e. The van der Waals surface area contributed by atoms with Gasteiger partial charge in [0.25, 0.3) is 0 Å². The van der Waals surface area contributed by atoms with E-state index in [1.807, 2.05) is 0 Å². The van der Waals surface area contributed by atoms with Crippen molar-refractivity contribution in [3.8, 4) is 5.75 Å². The molecule has 28 heavy (non-hydrogen) atoms. The zero-order valence-corrected chi connectivity index (χ0v) is 18.0. The highest BCUT2D eigenvalue weighted by Gasteiger charge is 2.00. The molecule has 158 valence electrons. The predicted octanol–water partition coefficient (Wildman–Crippen LogP) is 7.20. The standard InChI is InChI=1S/C25H41NO2/c1-2-3-4-5-6-7-8-9-10-11-12-13-14-15-16-17-22-28-24-20-18-23(19-21-24)25(26)27/h9-10,18-21H,2-8,11-17,22H2,1H3,(H2,26,27)/b10-9-. The van der Waals surface area contributed by atoms with Gasteiger partial charge < -0.3 is 10.5 Å². The van der Waals surface area contributed by atoms with E-state index in [0.29, 0.717) is 5.56 Å². The molecular weight excluding hydrogens is 346 g/mol. The number of benzene rings is 1. The van der Waals surface area contributed by atoms with Gasteiger partial charge in [-0.2, -0.15) is 0 Å². The fourth-order valence-corrected chi connectivity index (χ4v) is 3.26. The second kappa shape index (κ2) is 17.3. The van der Waals surface area contributed by atoms with Crippen molar-refractivity contribution in [2.75, 3.05) is 6.61 Å². The van der Waals surface area contributed by atoms with Crippen molar-refractivity contribution in [1.29, 1.82) is 0 Å². The minimum atomic E-state index is -0.403. The van der Waals surface area contributed by atoms with E-state index in [4.69, 9.17) is 10.5 Å². The van der Waals surface area contributed by atoms with Gasteiger partial charge in [0.1, 0.15) is 5.75 Å². The van der Waals surface area contributed by atoms with E-state index in [0.717, 1.165) is 18.8 Å². The maximum Gasteiger partial charge on any atom is 0.248 e. The molecule has 0 fully saturated rings. The number of allylic oxidation sites excluding steroid dienone is 2. The zero-order valence-electron chi connectivity index (χ0n) is 18.0. The second-order valence-corrected chi connectivity index (χ2v) is 7.67. The first-order valence-corrected chi connectivity index (χ1v) is 11.4. The Kier molecular flexibility index (Phi) is 15.0. The summed E-state index contributed by atoms with van der Waals surface area (Å²) in [5.41, 5.74) is 5.74. The molecule has 0 saturated heterocycles. The number of ether oxygens (including phenoxy) is 1. The molecule has 0 aliphatic rings. The van der Waals surface area contributed by atoms with Crippen molar-refractivity contribution in [3.63, 3.8) is 0 Å². The van der Waals surface area contributed by atoms with Crippen LogP contribution in [0, 0.1) is 0 Å². The van der Waals surface area contributed by atoms with Gasteiger partial charge in [-0.3, -0.25) is 4.79 Å². The number of primary amides is 1. The summed E-state index contributed by atoms with van der Waals surface area (Å²) in [4.78, 5) is 11.0. The van der Waals surface area contributed by atoms with Crippen LogP contribution in [0.5, 0.6) is 5.75 Å². The lowest BCUT2D eigenvalue weighted by molar-refractivity contribution is 0.100. The van der Waals surface area contributed by atoms with Gasteiger partial charge in [0.05, 0.1) is 6.61 Å². The Labute approximate surface area is 172 Å². The molecule has 0 aliphatic heterocycles. The third-order valence-corrected chi connectivity index (χ3v) is 5.06. The van der Waals surface area contributed by atoms with Crippen LogP contribution in [0.2, 0.25) is 0 Å². The highest BCUT2D eigenvalue weighted by Crippen LogP contribution is 2.13. The maximum absolute atomic E-state index is 11.0. The number of rotatable bonds is 18. The SMILES string of the molecule is CCCCCCCC/C=C\CCCCCCCCOc1ccc(C(N)=O)cc1. The van der Waals surface area contributed by atoms with Gasteiger partial charge in [-0.1, -0.05) is 76.9 Å². The molecule has 0 aromatic heterocycles. The third kappa shape index (κ3) is 13.4. The molecule has 0 atom stereocenters. The van der Waals surface area contributed by atoms with Gasteiger partial charge in [0, 0.05) is 5.56 Å². The van der Waals surface area contributed by atoms with Crippen molar-refractivity contribution in [2.24, 2.45) is 5.73 Å². The highest BCUT2D eigenvalue weighted by atomic mass is 16.5. The van der Waals surface area contributed by atoms with E-state index in [9.17, 15) is 4.79 Å². The first kappa shape index (κ1) is 24.3. The molecular formula is C25H41NO2. The number of unbranched alkanes of at least 4 members (excludes halogenated alkanes) is 12. The molecule has 3 nitrogen and oxygen atoms in total. The van der Waals surface area contributed by atoms with Gasteiger partial charge in [0.2, 0.25) is 5.91 Å². The molecule has 3 heteroatoms. The van der Waals surface area contributed by atoms with Crippen LogP contribution in [0.15, 0.2) is 36.4 Å². The quantitative estimate of drug-likeness (QED) is 0.214. The van der Waals surface area contributed by atoms with Crippen LogP contribution in [0.1, 0.15) is 107 Å². The number of hydrogen-bond acceptors (Lipinski definition) is 2. The van der Waals surface area contributed by atoms with Crippen LogP contribution in [0.4, 0.5) is 0 Å². The van der Waals surface area contributed by atoms with E-state index in [1.54, 1.807) is 24.3 Å². The minimum Gasteiger partial charge on any atom is -0.494 e. The summed E-state index contributed by atoms with van der Waals surface area (Å²) >= 11 is 0. The van der Waals surface area contributed by atoms with E-state index in [-0.39, 0.29) is 0 Å². The van der Waals surface area contributed by atoms with Crippen molar-refractivity contribution in [3.05, 3.63) is 42.0 Å². The zero-order chi connectivity index (χ0) is 20.3. The van der Waals surface area contributed by atoms with Gasteiger partial charge >= 0.3 is 0 Å². The Morgan fingerprint density at radius 3 is 1.82 bits per heavy atom. The first-order chi connectivity index (χ1) is 13.7. The summed E-state index contributed by atoms with van der Waals surface area (Å²) in [6.45, 7) is 3.00. The van der Waals surface area contributed by atoms with Crippen LogP contribution < -0.4 is 10.5 Å². The molecule has 0 unspecified atom stereocenters. The van der Waals surface area contributed by atoms with Crippen LogP contribution in [0.25, 0.3) is 0 Å². The number of nitrogens with two attached hydrogens (primary N) is 1. The van der Waals surface area contributed by atoms with E-state index in [1.165, 1.54) is 83.5 Å². The third-order valence-electron chi connectivity index (χ3n) is 5.06. The molecule has 0 saturated carbocycles. The Bertz CT molecular complexity index is 522. The summed E-state index contributed by atoms with van der Waals surface area (Å²) in [5.74, 6) is 0.401. The van der Waals surface area contributed by atoms with Crippen molar-refractivity contribution in [1.82, 2.24) is 0 Å². The highest BCUT2D eigenvalue weighted by molar-refractivity contribution is 5.92. The summed E-state index contributed by atoms with van der Waals surface area (Å²) in [6.07, 6.45) is 23.1. The molecule has 0 heterocycles. The van der Waals surface area contributed by atoms with Gasteiger partial charge in [-0.15, -0.1) is 0 Å². The Morgan fingerprint density at radius 2 is 1.29 bits per heavy atom. The number of amides is 1. The van der Waals surface area contributed by atoms with E-state index >= 15 is 0 Å². The Balaban J connectivity index is 1.84. The number of carbonyl (C=O) groups is 1. The van der Waals surface area contributed by atoms with E-state index < -0.39 is 5.91 Å². The molecule has 1 amide bonds. The van der Waals surface area contributed by atoms with Crippen LogP contribution in [-0.2, 0) is 0 Å². The fourth-order valence-electron chi connectivity index (χ4n) is 3.26. The Hall–Kier alpha value is -1.77. The van der Waals surface area contributed by atoms with Crippen LogP contribution in [-0.4, -0.2) is 12.5 Å². The average Bonchev–Trinajstić information content (AvgIpc) is 2.70. The van der Waals surface area contributed by atoms with Crippen LogP contribution in [0.3, 0.4) is 0 Å². The largest absolute Gasteiger partial charge is 0.494 e. The minimum absolute atomic E-state index is 0.403. The first-order valence-electron chi connectivity index (χ1n) is 11.4. The van der Waals surface area contributed by atoms with Crippen molar-refractivity contribution in [2.45, 2.75) is 96.8 Å². The molecule has 0 spiro atoms. The molecule has 0 bridgehead atoms. The monoisotopic (exact) mass is 387 g/mol. The summed E-state index contributed by atoms with van der Waals surface area (Å²) in [6, 6.07) is 7.03. The lowest BCUT2D eigenvalue weighted by atomic mass is 10.1.